The molecule has 20 heavy (non-hydrogen) atoms. The Bertz CT molecular complexity index is 586. The normalized spacial score (nSPS) is 24.9. The molecule has 0 aromatic heterocycles. The van der Waals surface area contributed by atoms with E-state index in [4.69, 9.17) is 9.47 Å². The number of hydrogen-bond acceptors (Lipinski definition) is 5. The van der Waals surface area contributed by atoms with Crippen LogP contribution in [-0.2, 0) is 14.4 Å². The average molecular weight is 274 g/mol. The van der Waals surface area contributed by atoms with Crippen LogP contribution < -0.4 is 9.47 Å². The number of benzene rings is 1. The van der Waals surface area contributed by atoms with Gasteiger partial charge in [-0.2, -0.15) is 0 Å². The van der Waals surface area contributed by atoms with Gasteiger partial charge in [-0.25, -0.2) is 0 Å². The Morgan fingerprint density at radius 3 is 2.40 bits per heavy atom. The lowest BCUT2D eigenvalue weighted by Crippen LogP contribution is -2.36. The molecule has 0 unspecified atom stereocenters. The average Bonchev–Trinajstić information content (AvgIpc) is 2.84. The highest BCUT2D eigenvalue weighted by atomic mass is 16.7. The molecule has 0 spiro atoms. The van der Waals surface area contributed by atoms with E-state index in [-0.39, 0.29) is 42.9 Å². The summed E-state index contributed by atoms with van der Waals surface area (Å²) >= 11 is 0. The summed E-state index contributed by atoms with van der Waals surface area (Å²) in [6.45, 7) is 1.48. The fourth-order valence-corrected chi connectivity index (χ4v) is 2.83. The van der Waals surface area contributed by atoms with E-state index in [1.165, 1.54) is 6.92 Å². The van der Waals surface area contributed by atoms with Gasteiger partial charge in [0.2, 0.25) is 6.79 Å². The second-order valence-corrected chi connectivity index (χ2v) is 5.19. The smallest absolute Gasteiger partial charge is 0.231 e. The molecule has 0 bridgehead atoms. The molecule has 0 N–H and O–H groups in total. The summed E-state index contributed by atoms with van der Waals surface area (Å²) in [5.41, 5.74) is 0.873. The topological polar surface area (TPSA) is 69.7 Å². The van der Waals surface area contributed by atoms with Crippen molar-refractivity contribution < 1.29 is 23.9 Å². The van der Waals surface area contributed by atoms with Crippen molar-refractivity contribution in [3.63, 3.8) is 0 Å². The van der Waals surface area contributed by atoms with Crippen molar-refractivity contribution in [2.75, 3.05) is 6.79 Å². The summed E-state index contributed by atoms with van der Waals surface area (Å²) < 4.78 is 10.5. The third-order valence-corrected chi connectivity index (χ3v) is 3.81. The van der Waals surface area contributed by atoms with Crippen molar-refractivity contribution in [2.45, 2.75) is 25.7 Å². The third kappa shape index (κ3) is 2.09. The maximum atomic E-state index is 12.0. The van der Waals surface area contributed by atoms with E-state index < -0.39 is 5.92 Å². The maximum Gasteiger partial charge on any atom is 0.231 e. The van der Waals surface area contributed by atoms with Gasteiger partial charge in [0.1, 0.15) is 11.7 Å². The van der Waals surface area contributed by atoms with Crippen molar-refractivity contribution >= 4 is 17.3 Å². The van der Waals surface area contributed by atoms with Crippen LogP contribution in [0.25, 0.3) is 0 Å². The summed E-state index contributed by atoms with van der Waals surface area (Å²) in [6, 6.07) is 5.43. The van der Waals surface area contributed by atoms with Crippen molar-refractivity contribution in [1.82, 2.24) is 0 Å². The molecule has 2 aliphatic rings. The van der Waals surface area contributed by atoms with Gasteiger partial charge in [0.15, 0.2) is 23.1 Å². The van der Waals surface area contributed by atoms with Gasteiger partial charge in [-0.1, -0.05) is 6.07 Å². The molecule has 1 fully saturated rings. The first-order valence-corrected chi connectivity index (χ1v) is 6.51. The molecule has 5 nitrogen and oxygen atoms in total. The fourth-order valence-electron chi connectivity index (χ4n) is 2.83. The number of Topliss-reactive ketones (excluding diaryl/α,β-unsaturated/α-hetero) is 3. The Labute approximate surface area is 115 Å². The van der Waals surface area contributed by atoms with Gasteiger partial charge in [0.05, 0.1) is 0 Å². The van der Waals surface area contributed by atoms with Crippen LogP contribution in [0.4, 0.5) is 0 Å². The molecule has 5 heteroatoms. The van der Waals surface area contributed by atoms with E-state index in [0.717, 1.165) is 5.56 Å². The Morgan fingerprint density at radius 1 is 1.10 bits per heavy atom. The van der Waals surface area contributed by atoms with Gasteiger partial charge in [-0.05, 0) is 30.5 Å². The standard InChI is InChI=1S/C15H14O5/c1-8(16)15-11(17)4-10(5-12(15)18)9-2-3-13-14(6-9)20-7-19-13/h2-3,6,10,15H,4-5,7H2,1H3. The number of carbonyl (C=O) groups is 3. The van der Waals surface area contributed by atoms with Gasteiger partial charge in [0, 0.05) is 12.8 Å². The van der Waals surface area contributed by atoms with Crippen LogP contribution in [0.1, 0.15) is 31.2 Å². The largest absolute Gasteiger partial charge is 0.454 e. The number of ketones is 3. The first-order valence-electron chi connectivity index (χ1n) is 6.51. The number of rotatable bonds is 2. The van der Waals surface area contributed by atoms with Gasteiger partial charge in [0.25, 0.3) is 0 Å². The molecule has 3 rings (SSSR count). The summed E-state index contributed by atoms with van der Waals surface area (Å²) in [6.07, 6.45) is 0.436. The SMILES string of the molecule is CC(=O)C1C(=O)CC(c2ccc3c(c2)OCO3)CC1=O. The summed E-state index contributed by atoms with van der Waals surface area (Å²) in [5.74, 6) is -0.850. The van der Waals surface area contributed by atoms with Crippen LogP contribution in [0.5, 0.6) is 11.5 Å². The number of carbonyl (C=O) groups excluding carboxylic acids is 3. The second-order valence-electron chi connectivity index (χ2n) is 5.19. The van der Waals surface area contributed by atoms with E-state index in [1.807, 2.05) is 12.1 Å². The van der Waals surface area contributed by atoms with E-state index in [9.17, 15) is 14.4 Å². The minimum Gasteiger partial charge on any atom is -0.454 e. The monoisotopic (exact) mass is 274 g/mol. The van der Waals surface area contributed by atoms with Crippen molar-refractivity contribution in [3.8, 4) is 11.5 Å². The van der Waals surface area contributed by atoms with Gasteiger partial charge < -0.3 is 9.47 Å². The second kappa shape index (κ2) is 4.74. The molecule has 1 aliphatic heterocycles. The molecular weight excluding hydrogens is 260 g/mol. The minimum atomic E-state index is -1.06. The van der Waals surface area contributed by atoms with Crippen LogP contribution in [0.15, 0.2) is 18.2 Å². The molecule has 1 aliphatic carbocycles. The molecule has 1 saturated carbocycles. The molecule has 0 saturated heterocycles. The molecule has 0 atom stereocenters. The molecule has 0 amide bonds. The first kappa shape index (κ1) is 12.8. The minimum absolute atomic E-state index is 0.180. The lowest BCUT2D eigenvalue weighted by molar-refractivity contribution is -0.141. The molecule has 1 aromatic rings. The molecule has 0 radical (unpaired) electrons. The molecule has 1 aromatic carbocycles. The van der Waals surface area contributed by atoms with Crippen LogP contribution in [0.3, 0.4) is 0 Å². The summed E-state index contributed by atoms with van der Waals surface area (Å²) in [4.78, 5) is 35.3. The van der Waals surface area contributed by atoms with Crippen LogP contribution in [0, 0.1) is 5.92 Å². The zero-order valence-electron chi connectivity index (χ0n) is 11.0. The zero-order valence-corrected chi connectivity index (χ0v) is 11.0. The van der Waals surface area contributed by atoms with Crippen LogP contribution in [-0.4, -0.2) is 24.1 Å². The van der Waals surface area contributed by atoms with E-state index in [1.54, 1.807) is 6.07 Å². The van der Waals surface area contributed by atoms with Gasteiger partial charge in [-0.3, -0.25) is 14.4 Å². The highest BCUT2D eigenvalue weighted by Crippen LogP contribution is 2.38. The Balaban J connectivity index is 1.84. The Hall–Kier alpha value is -2.17. The quantitative estimate of drug-likeness (QED) is 0.767. The van der Waals surface area contributed by atoms with Gasteiger partial charge >= 0.3 is 0 Å². The van der Waals surface area contributed by atoms with Crippen LogP contribution in [0.2, 0.25) is 0 Å². The zero-order chi connectivity index (χ0) is 14.3. The lowest BCUT2D eigenvalue weighted by atomic mass is 9.75. The number of hydrogen-bond donors (Lipinski definition) is 0. The highest BCUT2D eigenvalue weighted by Gasteiger charge is 2.38. The Morgan fingerprint density at radius 2 is 1.75 bits per heavy atom. The predicted octanol–water partition coefficient (Wildman–Crippen LogP) is 1.64. The first-order chi connectivity index (χ1) is 9.56. The molecular formula is C15H14O5. The Kier molecular flexibility index (Phi) is 3.04. The van der Waals surface area contributed by atoms with E-state index in [0.29, 0.717) is 11.5 Å². The van der Waals surface area contributed by atoms with E-state index in [2.05, 4.69) is 0 Å². The van der Waals surface area contributed by atoms with Crippen molar-refractivity contribution in [1.29, 1.82) is 0 Å². The number of fused-ring (bicyclic) bond motifs is 1. The maximum absolute atomic E-state index is 12.0. The predicted molar refractivity (Wildman–Crippen MR) is 68.7 cm³/mol. The van der Waals surface area contributed by atoms with Crippen molar-refractivity contribution in [2.24, 2.45) is 5.92 Å². The summed E-state index contributed by atoms with van der Waals surface area (Å²) in [5, 5.41) is 0. The van der Waals surface area contributed by atoms with Gasteiger partial charge in [-0.15, -0.1) is 0 Å². The fraction of sp³-hybridized carbons (Fsp3) is 0.400. The summed E-state index contributed by atoms with van der Waals surface area (Å²) in [7, 11) is 0. The lowest BCUT2D eigenvalue weighted by Gasteiger charge is -2.25. The third-order valence-electron chi connectivity index (χ3n) is 3.81. The van der Waals surface area contributed by atoms with Crippen molar-refractivity contribution in [3.05, 3.63) is 23.8 Å². The van der Waals surface area contributed by atoms with Crippen LogP contribution >= 0.6 is 0 Å². The molecule has 104 valence electrons. The van der Waals surface area contributed by atoms with E-state index >= 15 is 0 Å². The molecule has 1 heterocycles. The highest BCUT2D eigenvalue weighted by molar-refractivity contribution is 6.20. The number of ether oxygens (including phenoxy) is 2.